The van der Waals surface area contributed by atoms with E-state index < -0.39 is 0 Å². The Hall–Kier alpha value is -0.0500. The van der Waals surface area contributed by atoms with Crippen LogP contribution in [0.25, 0.3) is 0 Å². The molecule has 19 heavy (non-hydrogen) atoms. The zero-order chi connectivity index (χ0) is 14.3. The van der Waals surface area contributed by atoms with Crippen LogP contribution in [0.4, 0.5) is 0 Å². The van der Waals surface area contributed by atoms with Crippen LogP contribution in [0, 0.1) is 0 Å². The maximum absolute atomic E-state index is 11.8. The molecule has 0 aliphatic carbocycles. The predicted molar refractivity (Wildman–Crippen MR) is 87.9 cm³/mol. The van der Waals surface area contributed by atoms with Gasteiger partial charge >= 0.3 is 0 Å². The Bertz CT molecular complexity index is 195. The molecule has 0 aliphatic rings. The van der Waals surface area contributed by atoms with Crippen molar-refractivity contribution in [1.82, 2.24) is 4.90 Å². The minimum atomic E-state index is 0.256. The highest BCUT2D eigenvalue weighted by Gasteiger charge is 2.10. The molecule has 0 heterocycles. The van der Waals surface area contributed by atoms with Crippen LogP contribution in [0.5, 0.6) is 0 Å². The standard InChI is InChI=1S/C16H32BrNO/c1-3-5-7-9-11-13-18(16(19)15-17)14-12-10-8-6-4-2/h3-15H2,1-2H3. The Labute approximate surface area is 128 Å². The second-order valence-corrected chi connectivity index (χ2v) is 5.90. The molecule has 2 nitrogen and oxygen atoms in total. The first-order valence-corrected chi connectivity index (χ1v) is 9.22. The molecule has 0 aromatic rings. The van der Waals surface area contributed by atoms with E-state index in [1.54, 1.807) is 0 Å². The largest absolute Gasteiger partial charge is 0.342 e. The summed E-state index contributed by atoms with van der Waals surface area (Å²) in [5.41, 5.74) is 0. The summed E-state index contributed by atoms with van der Waals surface area (Å²) >= 11 is 3.29. The molecule has 0 saturated heterocycles. The summed E-state index contributed by atoms with van der Waals surface area (Å²) < 4.78 is 0. The normalized spacial score (nSPS) is 10.7. The third-order valence-electron chi connectivity index (χ3n) is 3.53. The molecule has 0 fully saturated rings. The van der Waals surface area contributed by atoms with Crippen molar-refractivity contribution in [3.05, 3.63) is 0 Å². The number of hydrogen-bond donors (Lipinski definition) is 0. The highest BCUT2D eigenvalue weighted by molar-refractivity contribution is 9.09. The summed E-state index contributed by atoms with van der Waals surface area (Å²) in [5.74, 6) is 0.256. The number of amides is 1. The van der Waals surface area contributed by atoms with Crippen molar-refractivity contribution >= 4 is 21.8 Å². The van der Waals surface area contributed by atoms with Gasteiger partial charge in [0.15, 0.2) is 0 Å². The molecule has 0 unspecified atom stereocenters. The molecular weight excluding hydrogens is 302 g/mol. The summed E-state index contributed by atoms with van der Waals surface area (Å²) in [6.07, 6.45) is 12.7. The SMILES string of the molecule is CCCCCCCN(CCCCCCC)C(=O)CBr. The first kappa shape index (κ1) is 18.9. The Kier molecular flexibility index (Phi) is 14.3. The van der Waals surface area contributed by atoms with Crippen molar-refractivity contribution in [2.75, 3.05) is 18.4 Å². The molecule has 0 N–H and O–H groups in total. The molecule has 0 aromatic heterocycles. The smallest absolute Gasteiger partial charge is 0.233 e. The van der Waals surface area contributed by atoms with Gasteiger partial charge in [0.2, 0.25) is 5.91 Å². The molecule has 0 atom stereocenters. The number of carbonyl (C=O) groups is 1. The van der Waals surface area contributed by atoms with E-state index in [0.29, 0.717) is 5.33 Å². The maximum atomic E-state index is 11.8. The van der Waals surface area contributed by atoms with Crippen molar-refractivity contribution in [3.63, 3.8) is 0 Å². The van der Waals surface area contributed by atoms with Crippen LogP contribution >= 0.6 is 15.9 Å². The van der Waals surface area contributed by atoms with E-state index in [1.807, 2.05) is 4.90 Å². The van der Waals surface area contributed by atoms with E-state index in [9.17, 15) is 4.79 Å². The van der Waals surface area contributed by atoms with E-state index >= 15 is 0 Å². The average Bonchev–Trinajstić information content (AvgIpc) is 2.43. The molecule has 114 valence electrons. The van der Waals surface area contributed by atoms with E-state index in [2.05, 4.69) is 29.8 Å². The quantitative estimate of drug-likeness (QED) is 0.337. The third-order valence-corrected chi connectivity index (χ3v) is 4.01. The minimum Gasteiger partial charge on any atom is -0.342 e. The van der Waals surface area contributed by atoms with Crippen LogP contribution in [0.3, 0.4) is 0 Å². The molecule has 0 aromatic carbocycles. The molecule has 0 bridgehead atoms. The fourth-order valence-corrected chi connectivity index (χ4v) is 2.61. The predicted octanol–water partition coefficient (Wildman–Crippen LogP) is 5.15. The number of rotatable bonds is 13. The molecule has 0 radical (unpaired) electrons. The van der Waals surface area contributed by atoms with Crippen molar-refractivity contribution in [2.24, 2.45) is 0 Å². The Balaban J connectivity index is 3.73. The lowest BCUT2D eigenvalue weighted by molar-refractivity contribution is -0.128. The van der Waals surface area contributed by atoms with E-state index in [0.717, 1.165) is 25.9 Å². The Morgan fingerprint density at radius 2 is 1.21 bits per heavy atom. The van der Waals surface area contributed by atoms with Crippen LogP contribution in [0.2, 0.25) is 0 Å². The highest BCUT2D eigenvalue weighted by Crippen LogP contribution is 2.08. The number of carbonyl (C=O) groups excluding carboxylic acids is 1. The van der Waals surface area contributed by atoms with Gasteiger partial charge in [-0.05, 0) is 12.8 Å². The van der Waals surface area contributed by atoms with Gasteiger partial charge in [0.1, 0.15) is 0 Å². The van der Waals surface area contributed by atoms with Crippen molar-refractivity contribution in [1.29, 1.82) is 0 Å². The summed E-state index contributed by atoms with van der Waals surface area (Å²) in [4.78, 5) is 13.9. The van der Waals surface area contributed by atoms with Gasteiger partial charge in [-0.3, -0.25) is 4.79 Å². The zero-order valence-corrected chi connectivity index (χ0v) is 14.5. The van der Waals surface area contributed by atoms with E-state index in [1.165, 1.54) is 51.4 Å². The summed E-state index contributed by atoms with van der Waals surface area (Å²) in [7, 11) is 0. The first-order chi connectivity index (χ1) is 9.26. The first-order valence-electron chi connectivity index (χ1n) is 8.10. The lowest BCUT2D eigenvalue weighted by Gasteiger charge is -2.22. The highest BCUT2D eigenvalue weighted by atomic mass is 79.9. The summed E-state index contributed by atoms with van der Waals surface area (Å²) in [6, 6.07) is 0. The van der Waals surface area contributed by atoms with Crippen molar-refractivity contribution in [2.45, 2.75) is 78.1 Å². The van der Waals surface area contributed by atoms with Gasteiger partial charge in [-0.1, -0.05) is 81.1 Å². The topological polar surface area (TPSA) is 20.3 Å². The fraction of sp³-hybridized carbons (Fsp3) is 0.938. The molecular formula is C16H32BrNO. The van der Waals surface area contributed by atoms with Crippen molar-refractivity contribution in [3.8, 4) is 0 Å². The number of nitrogens with zero attached hydrogens (tertiary/aromatic N) is 1. The zero-order valence-electron chi connectivity index (χ0n) is 12.9. The third kappa shape index (κ3) is 11.5. The molecule has 0 aliphatic heterocycles. The lowest BCUT2D eigenvalue weighted by Crippen LogP contribution is -2.33. The van der Waals surface area contributed by atoms with Crippen LogP contribution in [0.15, 0.2) is 0 Å². The van der Waals surface area contributed by atoms with Crippen LogP contribution in [-0.2, 0) is 4.79 Å². The number of alkyl halides is 1. The van der Waals surface area contributed by atoms with Gasteiger partial charge in [0, 0.05) is 13.1 Å². The summed E-state index contributed by atoms with van der Waals surface area (Å²) in [5, 5.41) is 0.469. The summed E-state index contributed by atoms with van der Waals surface area (Å²) in [6.45, 7) is 6.36. The minimum absolute atomic E-state index is 0.256. The van der Waals surface area contributed by atoms with E-state index in [-0.39, 0.29) is 5.91 Å². The average molecular weight is 334 g/mol. The molecule has 1 amide bonds. The van der Waals surface area contributed by atoms with Gasteiger partial charge in [-0.15, -0.1) is 0 Å². The van der Waals surface area contributed by atoms with Gasteiger partial charge in [0.25, 0.3) is 0 Å². The second kappa shape index (κ2) is 14.4. The number of unbranched alkanes of at least 4 members (excludes halogenated alkanes) is 8. The monoisotopic (exact) mass is 333 g/mol. The van der Waals surface area contributed by atoms with E-state index in [4.69, 9.17) is 0 Å². The van der Waals surface area contributed by atoms with Gasteiger partial charge in [0.05, 0.1) is 5.33 Å². The number of halogens is 1. The lowest BCUT2D eigenvalue weighted by atomic mass is 10.1. The molecule has 3 heteroatoms. The van der Waals surface area contributed by atoms with Crippen LogP contribution < -0.4 is 0 Å². The molecule has 0 spiro atoms. The fourth-order valence-electron chi connectivity index (χ4n) is 2.26. The Morgan fingerprint density at radius 1 is 0.789 bits per heavy atom. The second-order valence-electron chi connectivity index (χ2n) is 5.34. The Morgan fingerprint density at radius 3 is 1.58 bits per heavy atom. The van der Waals surface area contributed by atoms with Gasteiger partial charge in [-0.25, -0.2) is 0 Å². The van der Waals surface area contributed by atoms with Crippen molar-refractivity contribution < 1.29 is 4.79 Å². The van der Waals surface area contributed by atoms with Gasteiger partial charge < -0.3 is 4.90 Å². The van der Waals surface area contributed by atoms with Crippen LogP contribution in [-0.4, -0.2) is 29.2 Å². The van der Waals surface area contributed by atoms with Gasteiger partial charge in [-0.2, -0.15) is 0 Å². The molecule has 0 saturated carbocycles. The number of hydrogen-bond acceptors (Lipinski definition) is 1. The maximum Gasteiger partial charge on any atom is 0.233 e. The van der Waals surface area contributed by atoms with Crippen LogP contribution in [0.1, 0.15) is 78.1 Å². The molecule has 0 rings (SSSR count).